The first-order chi connectivity index (χ1) is 6.43. The summed E-state index contributed by atoms with van der Waals surface area (Å²) in [5, 5.41) is 18.8. The fourth-order valence-corrected chi connectivity index (χ4v) is 0.932. The van der Waals surface area contributed by atoms with Crippen molar-refractivity contribution in [2.24, 2.45) is 0 Å². The molecule has 0 fully saturated rings. The standard InChI is InChI=1S/C7H5FN2O4.ClH/c8-3-1-4(7(11)12)6(9)5(2-3)10(13)14;/h1-2H,9H2,(H,11,12);1H. The van der Waals surface area contributed by atoms with Crippen LogP contribution < -0.4 is 5.73 Å². The highest BCUT2D eigenvalue weighted by Crippen LogP contribution is 2.26. The molecule has 0 aliphatic carbocycles. The highest BCUT2D eigenvalue weighted by Gasteiger charge is 2.20. The Balaban J connectivity index is 0.00000196. The van der Waals surface area contributed by atoms with Crippen molar-refractivity contribution >= 4 is 29.8 Å². The maximum Gasteiger partial charge on any atom is 0.338 e. The van der Waals surface area contributed by atoms with Gasteiger partial charge in [0, 0.05) is 0 Å². The molecule has 82 valence electrons. The second-order valence-electron chi connectivity index (χ2n) is 2.45. The van der Waals surface area contributed by atoms with Gasteiger partial charge in [0.2, 0.25) is 0 Å². The number of carboxylic acids is 1. The molecule has 0 atom stereocenters. The fourth-order valence-electron chi connectivity index (χ4n) is 0.932. The van der Waals surface area contributed by atoms with Gasteiger partial charge < -0.3 is 10.8 Å². The number of hydrogen-bond acceptors (Lipinski definition) is 4. The van der Waals surface area contributed by atoms with E-state index in [0.717, 1.165) is 0 Å². The third-order valence-electron chi connectivity index (χ3n) is 1.55. The zero-order valence-corrected chi connectivity index (χ0v) is 7.95. The number of carboxylic acid groups (broad SMARTS) is 1. The number of anilines is 1. The van der Waals surface area contributed by atoms with Crippen LogP contribution in [0.25, 0.3) is 0 Å². The zero-order valence-electron chi connectivity index (χ0n) is 7.14. The van der Waals surface area contributed by atoms with E-state index in [-0.39, 0.29) is 12.4 Å². The Morgan fingerprint density at radius 3 is 2.47 bits per heavy atom. The van der Waals surface area contributed by atoms with Gasteiger partial charge in [-0.25, -0.2) is 9.18 Å². The van der Waals surface area contributed by atoms with Crippen LogP contribution in [0.4, 0.5) is 15.8 Å². The molecule has 0 amide bonds. The van der Waals surface area contributed by atoms with E-state index in [0.29, 0.717) is 12.1 Å². The largest absolute Gasteiger partial charge is 0.478 e. The molecule has 0 aromatic heterocycles. The van der Waals surface area contributed by atoms with Gasteiger partial charge in [-0.15, -0.1) is 12.4 Å². The molecule has 0 radical (unpaired) electrons. The van der Waals surface area contributed by atoms with Gasteiger partial charge in [0.25, 0.3) is 5.69 Å². The van der Waals surface area contributed by atoms with E-state index in [2.05, 4.69) is 0 Å². The summed E-state index contributed by atoms with van der Waals surface area (Å²) in [4.78, 5) is 19.9. The number of benzene rings is 1. The second kappa shape index (κ2) is 4.56. The number of nitro groups is 1. The molecule has 0 heterocycles. The summed E-state index contributed by atoms with van der Waals surface area (Å²) >= 11 is 0. The van der Waals surface area contributed by atoms with Crippen molar-refractivity contribution < 1.29 is 19.2 Å². The highest BCUT2D eigenvalue weighted by molar-refractivity contribution is 5.96. The number of nitrogens with two attached hydrogens (primary N) is 1. The summed E-state index contributed by atoms with van der Waals surface area (Å²) in [6, 6.07) is 1.20. The van der Waals surface area contributed by atoms with E-state index in [1.54, 1.807) is 0 Å². The summed E-state index contributed by atoms with van der Waals surface area (Å²) < 4.78 is 12.7. The minimum absolute atomic E-state index is 0. The molecule has 15 heavy (non-hydrogen) atoms. The molecule has 6 nitrogen and oxygen atoms in total. The molecule has 3 N–H and O–H groups in total. The molecule has 1 rings (SSSR count). The quantitative estimate of drug-likeness (QED) is 0.459. The number of nitrogens with zero attached hydrogens (tertiary/aromatic N) is 1. The summed E-state index contributed by atoms with van der Waals surface area (Å²) in [5.41, 5.74) is 3.25. The van der Waals surface area contributed by atoms with Gasteiger partial charge in [-0.3, -0.25) is 10.1 Å². The Hall–Kier alpha value is -1.89. The first kappa shape index (κ1) is 13.1. The topological polar surface area (TPSA) is 106 Å². The lowest BCUT2D eigenvalue weighted by Crippen LogP contribution is -2.06. The van der Waals surface area contributed by atoms with Crippen molar-refractivity contribution in [1.29, 1.82) is 0 Å². The van der Waals surface area contributed by atoms with Gasteiger partial charge in [-0.05, 0) is 6.07 Å². The highest BCUT2D eigenvalue weighted by atomic mass is 35.5. The normalized spacial score (nSPS) is 9.13. The molecule has 0 saturated carbocycles. The smallest absolute Gasteiger partial charge is 0.338 e. The minimum Gasteiger partial charge on any atom is -0.478 e. The van der Waals surface area contributed by atoms with E-state index in [1.165, 1.54) is 0 Å². The lowest BCUT2D eigenvalue weighted by molar-refractivity contribution is -0.384. The van der Waals surface area contributed by atoms with Crippen LogP contribution in [-0.4, -0.2) is 16.0 Å². The van der Waals surface area contributed by atoms with Gasteiger partial charge in [0.1, 0.15) is 11.5 Å². The molecule has 0 spiro atoms. The van der Waals surface area contributed by atoms with E-state index in [1.807, 2.05) is 0 Å². The van der Waals surface area contributed by atoms with Crippen LogP contribution in [0.3, 0.4) is 0 Å². The lowest BCUT2D eigenvalue weighted by Gasteiger charge is -2.01. The van der Waals surface area contributed by atoms with E-state index in [4.69, 9.17) is 10.8 Å². The molecular weight excluding hydrogens is 231 g/mol. The van der Waals surface area contributed by atoms with Crippen LogP contribution in [0.5, 0.6) is 0 Å². The number of nitrogen functional groups attached to an aromatic ring is 1. The lowest BCUT2D eigenvalue weighted by atomic mass is 10.1. The fraction of sp³-hybridized carbons (Fsp3) is 0. The van der Waals surface area contributed by atoms with Crippen LogP contribution in [0, 0.1) is 15.9 Å². The molecule has 0 aliphatic heterocycles. The monoisotopic (exact) mass is 236 g/mol. The molecule has 8 heteroatoms. The zero-order chi connectivity index (χ0) is 10.9. The van der Waals surface area contributed by atoms with Crippen molar-refractivity contribution in [3.63, 3.8) is 0 Å². The van der Waals surface area contributed by atoms with Crippen molar-refractivity contribution in [2.45, 2.75) is 0 Å². The number of hydrogen-bond donors (Lipinski definition) is 2. The SMILES string of the molecule is Cl.Nc1c(C(=O)O)cc(F)cc1[N+](=O)[O-]. The molecular formula is C7H6ClFN2O4. The van der Waals surface area contributed by atoms with Gasteiger partial charge in [-0.1, -0.05) is 0 Å². The van der Waals surface area contributed by atoms with Crippen molar-refractivity contribution in [3.05, 3.63) is 33.6 Å². The second-order valence-corrected chi connectivity index (χ2v) is 2.45. The maximum absolute atomic E-state index is 12.7. The van der Waals surface area contributed by atoms with Crippen LogP contribution in [0.1, 0.15) is 10.4 Å². The third-order valence-corrected chi connectivity index (χ3v) is 1.55. The van der Waals surface area contributed by atoms with Gasteiger partial charge in [-0.2, -0.15) is 0 Å². The van der Waals surface area contributed by atoms with Crippen LogP contribution in [0.2, 0.25) is 0 Å². The summed E-state index contributed by atoms with van der Waals surface area (Å²) in [5.74, 6) is -2.52. The van der Waals surface area contributed by atoms with Crippen LogP contribution in [0.15, 0.2) is 12.1 Å². The average molecular weight is 237 g/mol. The van der Waals surface area contributed by atoms with Gasteiger partial charge in [0.15, 0.2) is 0 Å². The number of rotatable bonds is 2. The van der Waals surface area contributed by atoms with Gasteiger partial charge in [0.05, 0.1) is 16.6 Å². The van der Waals surface area contributed by atoms with Crippen molar-refractivity contribution in [3.8, 4) is 0 Å². The predicted octanol–water partition coefficient (Wildman–Crippen LogP) is 1.44. The van der Waals surface area contributed by atoms with E-state index < -0.39 is 33.6 Å². The van der Waals surface area contributed by atoms with Crippen LogP contribution in [-0.2, 0) is 0 Å². The van der Waals surface area contributed by atoms with Crippen molar-refractivity contribution in [2.75, 3.05) is 5.73 Å². The van der Waals surface area contributed by atoms with Crippen LogP contribution >= 0.6 is 12.4 Å². The molecule has 1 aromatic carbocycles. The van der Waals surface area contributed by atoms with E-state index >= 15 is 0 Å². The number of aromatic carboxylic acids is 1. The summed E-state index contributed by atoms with van der Waals surface area (Å²) in [7, 11) is 0. The Kier molecular flexibility index (Phi) is 3.98. The van der Waals surface area contributed by atoms with Crippen molar-refractivity contribution in [1.82, 2.24) is 0 Å². The Bertz CT molecular complexity index is 388. The number of carbonyl (C=O) groups is 1. The average Bonchev–Trinajstić information content (AvgIpc) is 2.07. The number of nitro benzene ring substituents is 1. The Morgan fingerprint density at radius 1 is 1.53 bits per heavy atom. The first-order valence-corrected chi connectivity index (χ1v) is 3.40. The minimum atomic E-state index is -1.51. The molecule has 1 aromatic rings. The number of halogens is 2. The van der Waals surface area contributed by atoms with Gasteiger partial charge >= 0.3 is 5.97 Å². The Labute approximate surface area is 89.1 Å². The molecule has 0 bridgehead atoms. The molecule has 0 saturated heterocycles. The third kappa shape index (κ3) is 2.53. The summed E-state index contributed by atoms with van der Waals surface area (Å²) in [6.07, 6.45) is 0. The molecule has 0 aliphatic rings. The molecule has 0 unspecified atom stereocenters. The van der Waals surface area contributed by atoms with E-state index in [9.17, 15) is 19.3 Å². The maximum atomic E-state index is 12.7. The summed E-state index contributed by atoms with van der Waals surface area (Å²) in [6.45, 7) is 0. The first-order valence-electron chi connectivity index (χ1n) is 3.40. The Morgan fingerprint density at radius 2 is 2.07 bits per heavy atom. The predicted molar refractivity (Wildman–Crippen MR) is 51.7 cm³/mol.